The summed E-state index contributed by atoms with van der Waals surface area (Å²) in [4.78, 5) is 18.5. The van der Waals surface area contributed by atoms with Gasteiger partial charge in [0, 0.05) is 18.8 Å². The third-order valence-electron chi connectivity index (χ3n) is 4.49. The van der Waals surface area contributed by atoms with Gasteiger partial charge in [0.15, 0.2) is 0 Å². The van der Waals surface area contributed by atoms with Crippen LogP contribution in [-0.2, 0) is 6.18 Å². The molecule has 0 saturated carbocycles. The van der Waals surface area contributed by atoms with Crippen LogP contribution in [0.5, 0.6) is 0 Å². The summed E-state index contributed by atoms with van der Waals surface area (Å²) in [6.07, 6.45) is -1.01. The maximum Gasteiger partial charge on any atom is 0.417 e. The molecule has 1 aromatic heterocycles. The number of carbonyl (C=O) groups is 1. The first-order valence-corrected chi connectivity index (χ1v) is 9.01. The molecule has 0 radical (unpaired) electrons. The van der Waals surface area contributed by atoms with Crippen LogP contribution in [0, 0.1) is 5.92 Å². The smallest absolute Gasteiger partial charge is 0.354 e. The number of piperidine rings is 1. The van der Waals surface area contributed by atoms with E-state index in [1.165, 1.54) is 18.3 Å². The Morgan fingerprint density at radius 2 is 2.00 bits per heavy atom. The van der Waals surface area contributed by atoms with Gasteiger partial charge in [-0.3, -0.25) is 4.79 Å². The second kappa shape index (κ2) is 7.76. The van der Waals surface area contributed by atoms with Crippen LogP contribution in [0.2, 0.25) is 5.02 Å². The van der Waals surface area contributed by atoms with Gasteiger partial charge in [0.1, 0.15) is 5.69 Å². The van der Waals surface area contributed by atoms with Crippen molar-refractivity contribution < 1.29 is 18.0 Å². The Morgan fingerprint density at radius 3 is 2.63 bits per heavy atom. The third kappa shape index (κ3) is 4.71. The highest BCUT2D eigenvalue weighted by Gasteiger charge is 2.33. The minimum absolute atomic E-state index is 0.126. The predicted molar refractivity (Wildman–Crippen MR) is 98.3 cm³/mol. The minimum Gasteiger partial charge on any atom is -0.354 e. The quantitative estimate of drug-likeness (QED) is 0.757. The first-order valence-electron chi connectivity index (χ1n) is 8.63. The molecule has 0 aliphatic carbocycles. The molecule has 2 aromatic rings. The molecule has 4 nitrogen and oxygen atoms in total. The number of rotatable bonds is 3. The molecule has 144 valence electrons. The number of carbonyl (C=O) groups excluding carboxylic acids is 1. The van der Waals surface area contributed by atoms with Crippen molar-refractivity contribution in [3.8, 4) is 0 Å². The van der Waals surface area contributed by atoms with Gasteiger partial charge >= 0.3 is 6.18 Å². The molecule has 1 N–H and O–H groups in total. The van der Waals surface area contributed by atoms with Crippen LogP contribution in [0.3, 0.4) is 0 Å². The van der Waals surface area contributed by atoms with E-state index < -0.39 is 11.7 Å². The standard InChI is InChI=1S/C19H19ClF3N3O/c1-12-3-2-8-26(11-12)18(27)17-7-5-14(10-24-17)25-13-4-6-16(20)15(9-13)19(21,22)23/h4-7,9-10,12,25H,2-3,8,11H2,1H3. The fourth-order valence-electron chi connectivity index (χ4n) is 3.12. The molecule has 1 unspecified atom stereocenters. The van der Waals surface area contributed by atoms with Gasteiger partial charge in [-0.2, -0.15) is 13.2 Å². The van der Waals surface area contributed by atoms with Crippen LogP contribution in [0.15, 0.2) is 36.5 Å². The fourth-order valence-corrected chi connectivity index (χ4v) is 3.34. The number of halogens is 4. The molecule has 0 spiro atoms. The van der Waals surface area contributed by atoms with E-state index in [9.17, 15) is 18.0 Å². The molecule has 3 rings (SSSR count). The fraction of sp³-hybridized carbons (Fsp3) is 0.368. The topological polar surface area (TPSA) is 45.2 Å². The number of hydrogen-bond donors (Lipinski definition) is 1. The molecule has 1 saturated heterocycles. The van der Waals surface area contributed by atoms with Crippen LogP contribution in [-0.4, -0.2) is 28.9 Å². The number of benzene rings is 1. The summed E-state index contributed by atoms with van der Waals surface area (Å²) in [5, 5.41) is 2.49. The van der Waals surface area contributed by atoms with E-state index in [1.807, 2.05) is 0 Å². The van der Waals surface area contributed by atoms with Crippen molar-refractivity contribution >= 4 is 28.9 Å². The van der Waals surface area contributed by atoms with Gasteiger partial charge in [-0.15, -0.1) is 0 Å². The predicted octanol–water partition coefficient (Wildman–Crippen LogP) is 5.37. The van der Waals surface area contributed by atoms with Gasteiger partial charge in [-0.1, -0.05) is 18.5 Å². The molecule has 1 aliphatic rings. The number of anilines is 2. The Bertz CT molecular complexity index is 824. The van der Waals surface area contributed by atoms with Gasteiger partial charge < -0.3 is 10.2 Å². The van der Waals surface area contributed by atoms with Gasteiger partial charge in [0.05, 0.1) is 22.5 Å². The molecule has 27 heavy (non-hydrogen) atoms. The van der Waals surface area contributed by atoms with E-state index in [1.54, 1.807) is 17.0 Å². The van der Waals surface area contributed by atoms with Crippen molar-refractivity contribution in [3.05, 3.63) is 52.8 Å². The Labute approximate surface area is 160 Å². The lowest BCUT2D eigenvalue weighted by Crippen LogP contribution is -2.39. The number of amides is 1. The zero-order chi connectivity index (χ0) is 19.6. The number of likely N-dealkylation sites (tertiary alicyclic amines) is 1. The van der Waals surface area contributed by atoms with Crippen LogP contribution in [0.25, 0.3) is 0 Å². The third-order valence-corrected chi connectivity index (χ3v) is 4.82. The van der Waals surface area contributed by atoms with E-state index in [-0.39, 0.29) is 16.6 Å². The van der Waals surface area contributed by atoms with Crippen molar-refractivity contribution in [2.45, 2.75) is 25.9 Å². The monoisotopic (exact) mass is 397 g/mol. The maximum atomic E-state index is 12.9. The summed E-state index contributed by atoms with van der Waals surface area (Å²) in [7, 11) is 0. The molecular weight excluding hydrogens is 379 g/mol. The number of aromatic nitrogens is 1. The number of pyridine rings is 1. The zero-order valence-electron chi connectivity index (χ0n) is 14.7. The number of nitrogens with zero attached hydrogens (tertiary/aromatic N) is 2. The SMILES string of the molecule is CC1CCCN(C(=O)c2ccc(Nc3ccc(Cl)c(C(F)(F)F)c3)cn2)C1. The molecule has 8 heteroatoms. The van der Waals surface area contributed by atoms with Crippen LogP contribution in [0.4, 0.5) is 24.5 Å². The molecule has 1 atom stereocenters. The largest absolute Gasteiger partial charge is 0.417 e. The highest BCUT2D eigenvalue weighted by atomic mass is 35.5. The number of nitrogens with one attached hydrogen (secondary N) is 1. The lowest BCUT2D eigenvalue weighted by atomic mass is 10.00. The van der Waals surface area contributed by atoms with Crippen molar-refractivity contribution in [2.24, 2.45) is 5.92 Å². The van der Waals surface area contributed by atoms with Gasteiger partial charge in [0.25, 0.3) is 5.91 Å². The minimum atomic E-state index is -4.53. The first kappa shape index (κ1) is 19.5. The summed E-state index contributed by atoms with van der Waals surface area (Å²) in [5.41, 5.74) is 0.126. The van der Waals surface area contributed by atoms with Gasteiger partial charge in [0.2, 0.25) is 0 Å². The number of alkyl halides is 3. The molecule has 1 aliphatic heterocycles. The summed E-state index contributed by atoms with van der Waals surface area (Å²) < 4.78 is 38.8. The Kier molecular flexibility index (Phi) is 5.60. The van der Waals surface area contributed by atoms with Crippen LogP contribution in [0.1, 0.15) is 35.8 Å². The van der Waals surface area contributed by atoms with E-state index in [0.29, 0.717) is 23.8 Å². The van der Waals surface area contributed by atoms with Crippen LogP contribution < -0.4 is 5.32 Å². The average Bonchev–Trinajstić information content (AvgIpc) is 2.62. The Morgan fingerprint density at radius 1 is 1.26 bits per heavy atom. The van der Waals surface area contributed by atoms with E-state index in [2.05, 4.69) is 17.2 Å². The highest BCUT2D eigenvalue weighted by Crippen LogP contribution is 2.36. The van der Waals surface area contributed by atoms with Crippen molar-refractivity contribution in [1.29, 1.82) is 0 Å². The Hall–Kier alpha value is -2.28. The first-order chi connectivity index (χ1) is 12.7. The molecule has 1 aromatic carbocycles. The van der Waals surface area contributed by atoms with Gasteiger partial charge in [-0.05, 0) is 49.1 Å². The Balaban J connectivity index is 1.72. The maximum absolute atomic E-state index is 12.9. The second-order valence-electron chi connectivity index (χ2n) is 6.75. The van der Waals surface area contributed by atoms with Crippen molar-refractivity contribution in [1.82, 2.24) is 9.88 Å². The number of hydrogen-bond acceptors (Lipinski definition) is 3. The normalized spacial score (nSPS) is 17.7. The summed E-state index contributed by atoms with van der Waals surface area (Å²) in [6.45, 7) is 3.54. The molecule has 1 amide bonds. The molecule has 2 heterocycles. The highest BCUT2D eigenvalue weighted by molar-refractivity contribution is 6.31. The van der Waals surface area contributed by atoms with E-state index in [4.69, 9.17) is 11.6 Å². The lowest BCUT2D eigenvalue weighted by molar-refractivity contribution is -0.137. The molecule has 0 bridgehead atoms. The molecular formula is C19H19ClF3N3O. The van der Waals surface area contributed by atoms with Crippen LogP contribution >= 0.6 is 11.6 Å². The molecule has 1 fully saturated rings. The second-order valence-corrected chi connectivity index (χ2v) is 7.16. The van der Waals surface area contributed by atoms with Crippen molar-refractivity contribution in [3.63, 3.8) is 0 Å². The van der Waals surface area contributed by atoms with Crippen molar-refractivity contribution in [2.75, 3.05) is 18.4 Å². The summed E-state index contributed by atoms with van der Waals surface area (Å²) in [5.74, 6) is 0.343. The summed E-state index contributed by atoms with van der Waals surface area (Å²) >= 11 is 5.62. The van der Waals surface area contributed by atoms with Gasteiger partial charge in [-0.25, -0.2) is 4.98 Å². The van der Waals surface area contributed by atoms with E-state index in [0.717, 1.165) is 25.5 Å². The van der Waals surface area contributed by atoms with E-state index >= 15 is 0 Å². The lowest BCUT2D eigenvalue weighted by Gasteiger charge is -2.30. The average molecular weight is 398 g/mol. The summed E-state index contributed by atoms with van der Waals surface area (Å²) in [6, 6.07) is 6.78. The zero-order valence-corrected chi connectivity index (χ0v) is 15.4.